The lowest BCUT2D eigenvalue weighted by molar-refractivity contribution is -0.144. The van der Waals surface area contributed by atoms with Crippen LogP contribution < -0.4 is 4.74 Å². The molecule has 132 valence electrons. The van der Waals surface area contributed by atoms with E-state index in [1.807, 2.05) is 6.92 Å². The molecule has 2 rings (SSSR count). The van der Waals surface area contributed by atoms with Crippen molar-refractivity contribution < 1.29 is 23.8 Å². The summed E-state index contributed by atoms with van der Waals surface area (Å²) in [5.74, 6) is -1.07. The number of carbonyl (C=O) groups is 2. The first-order valence-corrected chi connectivity index (χ1v) is 7.93. The lowest BCUT2D eigenvalue weighted by Gasteiger charge is -2.21. The smallest absolute Gasteiger partial charge is 0.323 e. The van der Waals surface area contributed by atoms with Crippen molar-refractivity contribution in [3.63, 3.8) is 0 Å². The molecule has 6 heteroatoms. The highest BCUT2D eigenvalue weighted by atomic mass is 19.1. The van der Waals surface area contributed by atoms with Gasteiger partial charge in [-0.1, -0.05) is 24.3 Å². The predicted octanol–water partition coefficient (Wildman–Crippen LogP) is 2.88. The lowest BCUT2D eigenvalue weighted by atomic mass is 10.1. The van der Waals surface area contributed by atoms with E-state index in [9.17, 15) is 14.0 Å². The van der Waals surface area contributed by atoms with E-state index in [0.29, 0.717) is 17.9 Å². The number of amides is 1. The zero-order valence-corrected chi connectivity index (χ0v) is 13.9. The van der Waals surface area contributed by atoms with E-state index < -0.39 is 12.5 Å². The Hall–Kier alpha value is -2.89. The number of carbonyl (C=O) groups excluding carboxylic acids is 1. The number of nitrogens with zero attached hydrogens (tertiary/aromatic N) is 1. The molecule has 0 aliphatic carbocycles. The highest BCUT2D eigenvalue weighted by Crippen LogP contribution is 2.14. The quantitative estimate of drug-likeness (QED) is 0.799. The SMILES string of the molecule is CCOc1ccc(CC(=O)N(CC(=O)O)Cc2ccc(F)cc2)cc1. The summed E-state index contributed by atoms with van der Waals surface area (Å²) in [5, 5.41) is 9.05. The van der Waals surface area contributed by atoms with Crippen molar-refractivity contribution >= 4 is 11.9 Å². The number of rotatable bonds is 8. The molecule has 0 aliphatic heterocycles. The van der Waals surface area contributed by atoms with Gasteiger partial charge in [-0.05, 0) is 42.3 Å². The molecule has 0 aromatic heterocycles. The second-order valence-corrected chi connectivity index (χ2v) is 5.52. The van der Waals surface area contributed by atoms with Gasteiger partial charge in [0.05, 0.1) is 13.0 Å². The molecule has 0 aliphatic rings. The van der Waals surface area contributed by atoms with Gasteiger partial charge in [0, 0.05) is 6.54 Å². The van der Waals surface area contributed by atoms with Crippen LogP contribution in [0.15, 0.2) is 48.5 Å². The molecule has 2 aromatic carbocycles. The molecule has 0 heterocycles. The molecular weight excluding hydrogens is 325 g/mol. The van der Waals surface area contributed by atoms with E-state index in [0.717, 1.165) is 5.56 Å². The Kier molecular flexibility index (Phi) is 6.51. The van der Waals surface area contributed by atoms with Gasteiger partial charge in [-0.2, -0.15) is 0 Å². The van der Waals surface area contributed by atoms with E-state index >= 15 is 0 Å². The zero-order chi connectivity index (χ0) is 18.2. The van der Waals surface area contributed by atoms with Crippen molar-refractivity contribution in [3.8, 4) is 5.75 Å². The van der Waals surface area contributed by atoms with E-state index in [1.54, 1.807) is 24.3 Å². The minimum atomic E-state index is -1.10. The number of hydrogen-bond donors (Lipinski definition) is 1. The summed E-state index contributed by atoms with van der Waals surface area (Å²) in [7, 11) is 0. The first-order valence-electron chi connectivity index (χ1n) is 7.93. The third kappa shape index (κ3) is 5.91. The second kappa shape index (κ2) is 8.82. The Morgan fingerprint density at radius 1 is 1.04 bits per heavy atom. The predicted molar refractivity (Wildman–Crippen MR) is 90.8 cm³/mol. The molecule has 0 radical (unpaired) electrons. The molecule has 1 amide bonds. The van der Waals surface area contributed by atoms with Crippen molar-refractivity contribution in [2.24, 2.45) is 0 Å². The molecule has 0 fully saturated rings. The lowest BCUT2D eigenvalue weighted by Crippen LogP contribution is -2.36. The number of carboxylic acids is 1. The molecule has 0 atom stereocenters. The van der Waals surface area contributed by atoms with Crippen LogP contribution in [0.5, 0.6) is 5.75 Å². The third-order valence-electron chi connectivity index (χ3n) is 3.56. The average Bonchev–Trinajstić information content (AvgIpc) is 2.58. The van der Waals surface area contributed by atoms with Gasteiger partial charge in [-0.3, -0.25) is 9.59 Å². The van der Waals surface area contributed by atoms with Gasteiger partial charge in [-0.25, -0.2) is 4.39 Å². The number of ether oxygens (including phenoxy) is 1. The van der Waals surface area contributed by atoms with Gasteiger partial charge in [0.25, 0.3) is 0 Å². The topological polar surface area (TPSA) is 66.8 Å². The van der Waals surface area contributed by atoms with Crippen LogP contribution in [-0.4, -0.2) is 35.0 Å². The van der Waals surface area contributed by atoms with Gasteiger partial charge >= 0.3 is 5.97 Å². The molecule has 0 saturated heterocycles. The number of hydrogen-bond acceptors (Lipinski definition) is 3. The molecule has 0 unspecified atom stereocenters. The average molecular weight is 345 g/mol. The molecular formula is C19H20FNO4. The van der Waals surface area contributed by atoms with E-state index in [4.69, 9.17) is 9.84 Å². The van der Waals surface area contributed by atoms with Crippen LogP contribution in [0, 0.1) is 5.82 Å². The largest absolute Gasteiger partial charge is 0.494 e. The first kappa shape index (κ1) is 18.4. The molecule has 0 saturated carbocycles. The maximum Gasteiger partial charge on any atom is 0.323 e. The van der Waals surface area contributed by atoms with Crippen molar-refractivity contribution in [2.75, 3.05) is 13.2 Å². The minimum Gasteiger partial charge on any atom is -0.494 e. The minimum absolute atomic E-state index is 0.0842. The molecule has 0 bridgehead atoms. The number of carboxylic acid groups (broad SMARTS) is 1. The fraction of sp³-hybridized carbons (Fsp3) is 0.263. The van der Waals surface area contributed by atoms with Crippen LogP contribution in [0.1, 0.15) is 18.1 Å². The number of aliphatic carboxylic acids is 1. The van der Waals surface area contributed by atoms with Crippen molar-refractivity contribution in [1.82, 2.24) is 4.90 Å². The second-order valence-electron chi connectivity index (χ2n) is 5.52. The van der Waals surface area contributed by atoms with Crippen LogP contribution in [0.25, 0.3) is 0 Å². The Morgan fingerprint density at radius 2 is 1.64 bits per heavy atom. The standard InChI is InChI=1S/C19H20FNO4/c1-2-25-17-9-5-14(6-10-17)11-18(22)21(13-19(23)24)12-15-3-7-16(20)8-4-15/h3-10H,2,11-13H2,1H3,(H,23,24). The summed E-state index contributed by atoms with van der Waals surface area (Å²) in [6.45, 7) is 2.15. The third-order valence-corrected chi connectivity index (χ3v) is 3.56. The van der Waals surface area contributed by atoms with Crippen LogP contribution in [0.3, 0.4) is 0 Å². The molecule has 0 spiro atoms. The summed E-state index contributed by atoms with van der Waals surface area (Å²) in [5.41, 5.74) is 1.44. The Balaban J connectivity index is 2.06. The zero-order valence-electron chi connectivity index (χ0n) is 13.9. The Labute approximate surface area is 145 Å². The van der Waals surface area contributed by atoms with Crippen LogP contribution in [0.4, 0.5) is 4.39 Å². The highest BCUT2D eigenvalue weighted by molar-refractivity contribution is 5.83. The molecule has 2 aromatic rings. The van der Waals surface area contributed by atoms with Crippen LogP contribution in [0.2, 0.25) is 0 Å². The van der Waals surface area contributed by atoms with E-state index in [1.165, 1.54) is 29.2 Å². The Morgan fingerprint density at radius 3 is 2.20 bits per heavy atom. The van der Waals surface area contributed by atoms with Gasteiger partial charge in [0.15, 0.2) is 0 Å². The van der Waals surface area contributed by atoms with E-state index in [-0.39, 0.29) is 24.7 Å². The van der Waals surface area contributed by atoms with Crippen molar-refractivity contribution in [1.29, 1.82) is 0 Å². The van der Waals surface area contributed by atoms with Crippen LogP contribution in [-0.2, 0) is 22.6 Å². The van der Waals surface area contributed by atoms with Gasteiger partial charge in [-0.15, -0.1) is 0 Å². The van der Waals surface area contributed by atoms with Crippen molar-refractivity contribution in [2.45, 2.75) is 19.9 Å². The maximum absolute atomic E-state index is 13.0. The monoisotopic (exact) mass is 345 g/mol. The normalized spacial score (nSPS) is 10.3. The molecule has 5 nitrogen and oxygen atoms in total. The first-order chi connectivity index (χ1) is 12.0. The van der Waals surface area contributed by atoms with E-state index in [2.05, 4.69) is 0 Å². The molecule has 1 N–H and O–H groups in total. The fourth-order valence-electron chi connectivity index (χ4n) is 2.36. The summed E-state index contributed by atoms with van der Waals surface area (Å²) < 4.78 is 18.3. The maximum atomic E-state index is 13.0. The Bertz CT molecular complexity index is 713. The summed E-state index contributed by atoms with van der Waals surface area (Å²) in [4.78, 5) is 24.8. The van der Waals surface area contributed by atoms with Crippen molar-refractivity contribution in [3.05, 3.63) is 65.5 Å². The number of benzene rings is 2. The van der Waals surface area contributed by atoms with Gasteiger partial charge in [0.2, 0.25) is 5.91 Å². The molecule has 25 heavy (non-hydrogen) atoms. The van der Waals surface area contributed by atoms with Gasteiger partial charge in [0.1, 0.15) is 18.1 Å². The fourth-order valence-corrected chi connectivity index (χ4v) is 2.36. The highest BCUT2D eigenvalue weighted by Gasteiger charge is 2.17. The van der Waals surface area contributed by atoms with Crippen LogP contribution >= 0.6 is 0 Å². The summed E-state index contributed by atoms with van der Waals surface area (Å²) in [6, 6.07) is 12.7. The summed E-state index contributed by atoms with van der Waals surface area (Å²) >= 11 is 0. The number of halogens is 1. The van der Waals surface area contributed by atoms with Gasteiger partial charge < -0.3 is 14.7 Å². The summed E-state index contributed by atoms with van der Waals surface area (Å²) in [6.07, 6.45) is 0.0842.